The first-order chi connectivity index (χ1) is 11.2. The lowest BCUT2D eigenvalue weighted by atomic mass is 10.0. The van der Waals surface area contributed by atoms with E-state index in [-0.39, 0.29) is 11.6 Å². The van der Waals surface area contributed by atoms with Crippen molar-refractivity contribution in [2.75, 3.05) is 5.73 Å². The molecule has 0 bridgehead atoms. The van der Waals surface area contributed by atoms with E-state index in [1.807, 2.05) is 6.07 Å². The van der Waals surface area contributed by atoms with Gasteiger partial charge in [-0.3, -0.25) is 0 Å². The van der Waals surface area contributed by atoms with Crippen molar-refractivity contribution >= 4 is 17.6 Å². The highest BCUT2D eigenvalue weighted by Crippen LogP contribution is 2.32. The van der Waals surface area contributed by atoms with Crippen molar-refractivity contribution in [2.45, 2.75) is 10.8 Å². The van der Waals surface area contributed by atoms with Crippen LogP contribution in [0.2, 0.25) is 0 Å². The van der Waals surface area contributed by atoms with Gasteiger partial charge in [-0.1, -0.05) is 23.9 Å². The van der Waals surface area contributed by atoms with Crippen LogP contribution in [0.5, 0.6) is 5.75 Å². The molecule has 0 atom stereocenters. The number of aromatic amines is 1. The summed E-state index contributed by atoms with van der Waals surface area (Å²) in [5.74, 6) is 1.83. The highest BCUT2D eigenvalue weighted by Gasteiger charge is 2.13. The standard InChI is InChI=1S/C16H13N5OS/c17-8-13-12(10-1-3-11(22)4-2-10)7-15(21-16(13)18)23-9-14-19-5-6-20-14/h1-7,22H,9H2,(H2,18,21)(H,19,20). The highest BCUT2D eigenvalue weighted by atomic mass is 32.2. The summed E-state index contributed by atoms with van der Waals surface area (Å²) in [5, 5.41) is 19.5. The van der Waals surface area contributed by atoms with Crippen molar-refractivity contribution in [3.8, 4) is 22.9 Å². The number of nitrogen functional groups attached to an aromatic ring is 1. The number of nitriles is 1. The molecule has 6 nitrogen and oxygen atoms in total. The number of pyridine rings is 1. The lowest BCUT2D eigenvalue weighted by Gasteiger charge is -2.09. The summed E-state index contributed by atoms with van der Waals surface area (Å²) < 4.78 is 0. The predicted octanol–water partition coefficient (Wildman–Crippen LogP) is 2.92. The maximum absolute atomic E-state index is 9.41. The minimum atomic E-state index is 0.168. The van der Waals surface area contributed by atoms with Crippen molar-refractivity contribution in [3.05, 3.63) is 54.1 Å². The number of aromatic nitrogens is 3. The van der Waals surface area contributed by atoms with Crippen LogP contribution in [0.25, 0.3) is 11.1 Å². The number of nitrogens with two attached hydrogens (primary N) is 1. The first kappa shape index (κ1) is 14.9. The Kier molecular flexibility index (Phi) is 4.17. The Morgan fingerprint density at radius 2 is 2.09 bits per heavy atom. The Morgan fingerprint density at radius 1 is 1.30 bits per heavy atom. The minimum absolute atomic E-state index is 0.168. The largest absolute Gasteiger partial charge is 0.508 e. The molecule has 3 rings (SSSR count). The summed E-state index contributed by atoms with van der Waals surface area (Å²) in [6.07, 6.45) is 3.46. The fraction of sp³-hybridized carbons (Fsp3) is 0.0625. The van der Waals surface area contributed by atoms with Gasteiger partial charge in [-0.15, -0.1) is 0 Å². The number of H-pyrrole nitrogens is 1. The van der Waals surface area contributed by atoms with E-state index in [9.17, 15) is 10.4 Å². The van der Waals surface area contributed by atoms with E-state index in [1.54, 1.807) is 36.7 Å². The SMILES string of the molecule is N#Cc1c(-c2ccc(O)cc2)cc(SCc2ncc[nH]2)nc1N. The Hall–Kier alpha value is -2.98. The number of thioether (sulfide) groups is 1. The number of hydrogen-bond acceptors (Lipinski definition) is 6. The molecule has 0 unspecified atom stereocenters. The molecule has 0 aliphatic heterocycles. The van der Waals surface area contributed by atoms with Crippen molar-refractivity contribution in [1.29, 1.82) is 5.26 Å². The quantitative estimate of drug-likeness (QED) is 0.636. The van der Waals surface area contributed by atoms with Gasteiger partial charge in [-0.05, 0) is 23.8 Å². The molecular weight excluding hydrogens is 310 g/mol. The van der Waals surface area contributed by atoms with Gasteiger partial charge in [0.2, 0.25) is 0 Å². The number of benzene rings is 1. The number of nitrogens with zero attached hydrogens (tertiary/aromatic N) is 3. The molecule has 0 spiro atoms. The lowest BCUT2D eigenvalue weighted by molar-refractivity contribution is 0.475. The number of imidazole rings is 1. The monoisotopic (exact) mass is 323 g/mol. The van der Waals surface area contributed by atoms with E-state index < -0.39 is 0 Å². The molecule has 0 aliphatic carbocycles. The molecule has 0 amide bonds. The van der Waals surface area contributed by atoms with Crippen LogP contribution >= 0.6 is 11.8 Å². The minimum Gasteiger partial charge on any atom is -0.508 e. The van der Waals surface area contributed by atoms with Crippen LogP contribution in [-0.4, -0.2) is 20.1 Å². The van der Waals surface area contributed by atoms with E-state index in [0.717, 1.165) is 11.4 Å². The zero-order chi connectivity index (χ0) is 16.2. The fourth-order valence-electron chi connectivity index (χ4n) is 2.12. The van der Waals surface area contributed by atoms with Crippen LogP contribution in [0.1, 0.15) is 11.4 Å². The van der Waals surface area contributed by atoms with E-state index >= 15 is 0 Å². The van der Waals surface area contributed by atoms with Crippen LogP contribution in [0.4, 0.5) is 5.82 Å². The van der Waals surface area contributed by atoms with Gasteiger partial charge in [0.25, 0.3) is 0 Å². The van der Waals surface area contributed by atoms with Crippen LogP contribution in [-0.2, 0) is 5.75 Å². The van der Waals surface area contributed by atoms with Crippen molar-refractivity contribution < 1.29 is 5.11 Å². The zero-order valence-corrected chi connectivity index (χ0v) is 12.8. The number of rotatable bonds is 4. The average molecular weight is 323 g/mol. The van der Waals surface area contributed by atoms with Gasteiger partial charge < -0.3 is 15.8 Å². The lowest BCUT2D eigenvalue weighted by Crippen LogP contribution is -1.99. The first-order valence-corrected chi connectivity index (χ1v) is 7.77. The van der Waals surface area contributed by atoms with E-state index in [1.165, 1.54) is 11.8 Å². The Bertz CT molecular complexity index is 853. The summed E-state index contributed by atoms with van der Waals surface area (Å²) in [5.41, 5.74) is 7.76. The predicted molar refractivity (Wildman–Crippen MR) is 88.6 cm³/mol. The molecule has 3 aromatic rings. The molecule has 114 valence electrons. The number of anilines is 1. The Morgan fingerprint density at radius 3 is 2.74 bits per heavy atom. The summed E-state index contributed by atoms with van der Waals surface area (Å²) in [4.78, 5) is 11.5. The number of hydrogen-bond donors (Lipinski definition) is 3. The molecule has 0 radical (unpaired) electrons. The normalized spacial score (nSPS) is 10.4. The Labute approximate surface area is 137 Å². The van der Waals surface area contributed by atoms with Gasteiger partial charge in [-0.2, -0.15) is 5.26 Å². The fourth-order valence-corrected chi connectivity index (χ4v) is 2.93. The molecule has 0 aliphatic rings. The molecule has 2 aromatic heterocycles. The molecule has 23 heavy (non-hydrogen) atoms. The molecule has 7 heteroatoms. The average Bonchev–Trinajstić information content (AvgIpc) is 3.06. The van der Waals surface area contributed by atoms with Crippen LogP contribution in [0, 0.1) is 11.3 Å². The van der Waals surface area contributed by atoms with Gasteiger partial charge in [0.15, 0.2) is 0 Å². The smallest absolute Gasteiger partial charge is 0.143 e. The first-order valence-electron chi connectivity index (χ1n) is 6.78. The maximum Gasteiger partial charge on any atom is 0.143 e. The van der Waals surface area contributed by atoms with Gasteiger partial charge in [-0.25, -0.2) is 9.97 Å². The molecule has 4 N–H and O–H groups in total. The van der Waals surface area contributed by atoms with E-state index in [0.29, 0.717) is 21.9 Å². The molecule has 1 aromatic carbocycles. The zero-order valence-electron chi connectivity index (χ0n) is 12.0. The van der Waals surface area contributed by atoms with E-state index in [2.05, 4.69) is 21.0 Å². The third-order valence-corrected chi connectivity index (χ3v) is 4.15. The number of aromatic hydroxyl groups is 1. The second kappa shape index (κ2) is 6.42. The summed E-state index contributed by atoms with van der Waals surface area (Å²) in [6, 6.07) is 10.6. The number of nitrogens with one attached hydrogen (secondary N) is 1. The van der Waals surface area contributed by atoms with Gasteiger partial charge in [0, 0.05) is 18.0 Å². The van der Waals surface area contributed by atoms with Gasteiger partial charge in [0.1, 0.15) is 29.0 Å². The number of phenolic OH excluding ortho intramolecular Hbond substituents is 1. The summed E-state index contributed by atoms with van der Waals surface area (Å²) in [6.45, 7) is 0. The molecule has 0 saturated carbocycles. The van der Waals surface area contributed by atoms with Crippen molar-refractivity contribution in [2.24, 2.45) is 0 Å². The van der Waals surface area contributed by atoms with Gasteiger partial charge >= 0.3 is 0 Å². The third-order valence-electron chi connectivity index (χ3n) is 3.23. The number of phenols is 1. The highest BCUT2D eigenvalue weighted by molar-refractivity contribution is 7.98. The molecule has 0 fully saturated rings. The van der Waals surface area contributed by atoms with E-state index in [4.69, 9.17) is 5.73 Å². The second-order valence-electron chi connectivity index (χ2n) is 4.75. The maximum atomic E-state index is 9.41. The summed E-state index contributed by atoms with van der Waals surface area (Å²) in [7, 11) is 0. The molecule has 0 saturated heterocycles. The van der Waals surface area contributed by atoms with Crippen LogP contribution < -0.4 is 5.73 Å². The second-order valence-corrected chi connectivity index (χ2v) is 5.75. The van der Waals surface area contributed by atoms with Crippen molar-refractivity contribution in [3.63, 3.8) is 0 Å². The summed E-state index contributed by atoms with van der Waals surface area (Å²) >= 11 is 1.48. The molecular formula is C16H13N5OS. The Balaban J connectivity index is 1.96. The third kappa shape index (κ3) is 3.27. The van der Waals surface area contributed by atoms with Crippen LogP contribution in [0.15, 0.2) is 47.8 Å². The molecule has 2 heterocycles. The van der Waals surface area contributed by atoms with Crippen molar-refractivity contribution in [1.82, 2.24) is 15.0 Å². The van der Waals surface area contributed by atoms with Gasteiger partial charge in [0.05, 0.1) is 10.8 Å². The van der Waals surface area contributed by atoms with Crippen LogP contribution in [0.3, 0.4) is 0 Å². The topological polar surface area (TPSA) is 112 Å².